The second-order valence-electron chi connectivity index (χ2n) is 5.26. The van der Waals surface area contributed by atoms with E-state index < -0.39 is 0 Å². The van der Waals surface area contributed by atoms with Crippen LogP contribution in [0.15, 0.2) is 0 Å². The SMILES string of the molecule is CC(C)c1nsc(N(CCCl)C2CCCCC2)n1. The van der Waals surface area contributed by atoms with Gasteiger partial charge < -0.3 is 4.90 Å². The third-order valence-corrected chi connectivity index (χ3v) is 4.47. The Bertz CT molecular complexity index is 361. The minimum Gasteiger partial charge on any atom is -0.343 e. The minimum atomic E-state index is 0.402. The van der Waals surface area contributed by atoms with Crippen molar-refractivity contribution in [3.8, 4) is 0 Å². The van der Waals surface area contributed by atoms with Crippen molar-refractivity contribution in [2.45, 2.75) is 57.9 Å². The molecule has 0 spiro atoms. The lowest BCUT2D eigenvalue weighted by molar-refractivity contribution is 0.418. The van der Waals surface area contributed by atoms with Crippen LogP contribution in [-0.2, 0) is 0 Å². The maximum Gasteiger partial charge on any atom is 0.205 e. The van der Waals surface area contributed by atoms with Crippen LogP contribution < -0.4 is 4.90 Å². The summed E-state index contributed by atoms with van der Waals surface area (Å²) in [6.07, 6.45) is 6.58. The standard InChI is InChI=1S/C13H22ClN3S/c1-10(2)12-15-13(18-16-12)17(9-8-14)11-6-4-3-5-7-11/h10-11H,3-9H2,1-2H3. The summed E-state index contributed by atoms with van der Waals surface area (Å²) in [5.41, 5.74) is 0. The summed E-state index contributed by atoms with van der Waals surface area (Å²) >= 11 is 7.48. The van der Waals surface area contributed by atoms with E-state index in [2.05, 4.69) is 28.1 Å². The fourth-order valence-corrected chi connectivity index (χ4v) is 3.58. The molecule has 1 aromatic heterocycles. The van der Waals surface area contributed by atoms with Gasteiger partial charge in [-0.15, -0.1) is 11.6 Å². The van der Waals surface area contributed by atoms with E-state index in [1.165, 1.54) is 43.6 Å². The van der Waals surface area contributed by atoms with E-state index in [1.54, 1.807) is 0 Å². The van der Waals surface area contributed by atoms with Crippen molar-refractivity contribution < 1.29 is 0 Å². The third kappa shape index (κ3) is 3.35. The van der Waals surface area contributed by atoms with Crippen LogP contribution in [0, 0.1) is 0 Å². The summed E-state index contributed by atoms with van der Waals surface area (Å²) in [5, 5.41) is 1.06. The lowest BCUT2D eigenvalue weighted by atomic mass is 9.94. The van der Waals surface area contributed by atoms with Gasteiger partial charge in [-0.25, -0.2) is 4.98 Å². The van der Waals surface area contributed by atoms with Crippen LogP contribution in [0.25, 0.3) is 0 Å². The van der Waals surface area contributed by atoms with Gasteiger partial charge in [-0.1, -0.05) is 33.1 Å². The van der Waals surface area contributed by atoms with Gasteiger partial charge in [-0.05, 0) is 12.8 Å². The molecule has 3 nitrogen and oxygen atoms in total. The second kappa shape index (κ2) is 6.71. The van der Waals surface area contributed by atoms with E-state index >= 15 is 0 Å². The average Bonchev–Trinajstić information content (AvgIpc) is 2.86. The van der Waals surface area contributed by atoms with Crippen LogP contribution >= 0.6 is 23.1 Å². The van der Waals surface area contributed by atoms with E-state index in [-0.39, 0.29) is 0 Å². The predicted octanol–water partition coefficient (Wildman–Crippen LogP) is 4.04. The number of halogens is 1. The highest BCUT2D eigenvalue weighted by molar-refractivity contribution is 7.09. The third-order valence-electron chi connectivity index (χ3n) is 3.53. The highest BCUT2D eigenvalue weighted by atomic mass is 35.5. The molecule has 0 radical (unpaired) electrons. The fourth-order valence-electron chi connectivity index (χ4n) is 2.50. The van der Waals surface area contributed by atoms with Crippen molar-refractivity contribution in [2.24, 2.45) is 0 Å². The number of rotatable bonds is 5. The molecule has 1 heterocycles. The number of nitrogens with zero attached hydrogens (tertiary/aromatic N) is 3. The van der Waals surface area contributed by atoms with Gasteiger partial charge in [0.2, 0.25) is 5.13 Å². The largest absolute Gasteiger partial charge is 0.343 e. The van der Waals surface area contributed by atoms with Crippen molar-refractivity contribution in [1.29, 1.82) is 0 Å². The normalized spacial score (nSPS) is 17.3. The van der Waals surface area contributed by atoms with Crippen molar-refractivity contribution in [1.82, 2.24) is 9.36 Å². The van der Waals surface area contributed by atoms with E-state index in [4.69, 9.17) is 11.6 Å². The van der Waals surface area contributed by atoms with Gasteiger partial charge >= 0.3 is 0 Å². The molecule has 0 amide bonds. The van der Waals surface area contributed by atoms with Gasteiger partial charge in [0, 0.05) is 35.9 Å². The van der Waals surface area contributed by atoms with Gasteiger partial charge in [0.25, 0.3) is 0 Å². The van der Waals surface area contributed by atoms with Crippen molar-refractivity contribution in [2.75, 3.05) is 17.3 Å². The molecule has 1 aliphatic rings. The van der Waals surface area contributed by atoms with Crippen LogP contribution in [0.5, 0.6) is 0 Å². The molecule has 1 fully saturated rings. The van der Waals surface area contributed by atoms with Gasteiger partial charge in [0.15, 0.2) is 0 Å². The Morgan fingerprint density at radius 3 is 2.61 bits per heavy atom. The molecule has 2 rings (SSSR count). The number of hydrogen-bond acceptors (Lipinski definition) is 4. The van der Waals surface area contributed by atoms with E-state index in [9.17, 15) is 0 Å². The molecule has 0 aliphatic heterocycles. The summed E-state index contributed by atoms with van der Waals surface area (Å²) in [6, 6.07) is 0.616. The molecule has 0 N–H and O–H groups in total. The zero-order valence-electron chi connectivity index (χ0n) is 11.2. The summed E-state index contributed by atoms with van der Waals surface area (Å²) in [4.78, 5) is 7.06. The molecule has 0 atom stereocenters. The number of hydrogen-bond donors (Lipinski definition) is 0. The molecular formula is C13H22ClN3S. The first-order chi connectivity index (χ1) is 8.72. The minimum absolute atomic E-state index is 0.402. The van der Waals surface area contributed by atoms with Gasteiger partial charge in [0.05, 0.1) is 0 Å². The monoisotopic (exact) mass is 287 g/mol. The quantitative estimate of drug-likeness (QED) is 0.766. The van der Waals surface area contributed by atoms with Crippen molar-refractivity contribution >= 4 is 28.3 Å². The van der Waals surface area contributed by atoms with E-state index in [0.717, 1.165) is 17.5 Å². The Labute approximate surface area is 119 Å². The van der Waals surface area contributed by atoms with Crippen molar-refractivity contribution in [3.05, 3.63) is 5.82 Å². The topological polar surface area (TPSA) is 29.0 Å². The molecular weight excluding hydrogens is 266 g/mol. The van der Waals surface area contributed by atoms with Crippen LogP contribution in [0.4, 0.5) is 5.13 Å². The smallest absolute Gasteiger partial charge is 0.205 e. The Balaban J connectivity index is 2.11. The molecule has 102 valence electrons. The lowest BCUT2D eigenvalue weighted by Gasteiger charge is -2.33. The van der Waals surface area contributed by atoms with Crippen LogP contribution in [0.3, 0.4) is 0 Å². The first-order valence-electron chi connectivity index (χ1n) is 6.88. The average molecular weight is 288 g/mol. The molecule has 1 aliphatic carbocycles. The molecule has 18 heavy (non-hydrogen) atoms. The number of aromatic nitrogens is 2. The summed E-state index contributed by atoms with van der Waals surface area (Å²) in [5.74, 6) is 2.03. The highest BCUT2D eigenvalue weighted by Crippen LogP contribution is 2.29. The predicted molar refractivity (Wildman–Crippen MR) is 78.9 cm³/mol. The van der Waals surface area contributed by atoms with E-state index in [0.29, 0.717) is 17.8 Å². The van der Waals surface area contributed by atoms with Crippen LogP contribution in [-0.4, -0.2) is 27.8 Å². The number of alkyl halides is 1. The second-order valence-corrected chi connectivity index (χ2v) is 6.37. The zero-order chi connectivity index (χ0) is 13.0. The summed E-state index contributed by atoms with van der Waals surface area (Å²) < 4.78 is 4.46. The molecule has 0 unspecified atom stereocenters. The Morgan fingerprint density at radius 2 is 2.06 bits per heavy atom. The summed E-state index contributed by atoms with van der Waals surface area (Å²) in [7, 11) is 0. The van der Waals surface area contributed by atoms with Crippen LogP contribution in [0.2, 0.25) is 0 Å². The maximum absolute atomic E-state index is 5.95. The molecule has 1 saturated carbocycles. The Kier molecular flexibility index (Phi) is 5.25. The summed E-state index contributed by atoms with van der Waals surface area (Å²) in [6.45, 7) is 5.16. The van der Waals surface area contributed by atoms with Crippen molar-refractivity contribution in [3.63, 3.8) is 0 Å². The van der Waals surface area contributed by atoms with E-state index in [1.807, 2.05) is 0 Å². The molecule has 0 bridgehead atoms. The lowest BCUT2D eigenvalue weighted by Crippen LogP contribution is -2.38. The molecule has 0 aromatic carbocycles. The van der Waals surface area contributed by atoms with Crippen LogP contribution in [0.1, 0.15) is 57.7 Å². The Morgan fingerprint density at radius 1 is 1.33 bits per heavy atom. The first kappa shape index (κ1) is 14.1. The maximum atomic E-state index is 5.95. The Hall–Kier alpha value is -0.350. The zero-order valence-corrected chi connectivity index (χ0v) is 12.8. The molecule has 0 saturated heterocycles. The first-order valence-corrected chi connectivity index (χ1v) is 8.19. The fraction of sp³-hybridized carbons (Fsp3) is 0.846. The molecule has 5 heteroatoms. The number of anilines is 1. The van der Waals surface area contributed by atoms with Gasteiger partial charge in [-0.3, -0.25) is 0 Å². The highest BCUT2D eigenvalue weighted by Gasteiger charge is 2.24. The van der Waals surface area contributed by atoms with Gasteiger partial charge in [0.1, 0.15) is 5.82 Å². The van der Waals surface area contributed by atoms with Gasteiger partial charge in [-0.2, -0.15) is 4.37 Å². The molecule has 1 aromatic rings.